The molecular weight excluding hydrogens is 140 g/mol. The van der Waals surface area contributed by atoms with Crippen LogP contribution in [0.25, 0.3) is 0 Å². The highest BCUT2D eigenvalue weighted by Crippen LogP contribution is 2.16. The lowest BCUT2D eigenvalue weighted by Crippen LogP contribution is -2.13. The molecule has 1 atom stereocenters. The van der Waals surface area contributed by atoms with E-state index >= 15 is 0 Å². The highest BCUT2D eigenvalue weighted by molar-refractivity contribution is 5.01. The first-order valence-electron chi connectivity index (χ1n) is 3.80. The van der Waals surface area contributed by atoms with Gasteiger partial charge >= 0.3 is 0 Å². The monoisotopic (exact) mass is 154 g/mol. The van der Waals surface area contributed by atoms with Crippen LogP contribution < -0.4 is 0 Å². The van der Waals surface area contributed by atoms with Gasteiger partial charge in [-0.3, -0.25) is 0 Å². The van der Waals surface area contributed by atoms with Crippen molar-refractivity contribution in [1.82, 2.24) is 0 Å². The van der Waals surface area contributed by atoms with Crippen molar-refractivity contribution < 1.29 is 9.47 Å². The predicted octanol–water partition coefficient (Wildman–Crippen LogP) is 1.53. The van der Waals surface area contributed by atoms with Gasteiger partial charge in [0.05, 0.1) is 25.9 Å². The minimum Gasteiger partial charge on any atom is -0.375 e. The fourth-order valence-corrected chi connectivity index (χ4v) is 1.07. The van der Waals surface area contributed by atoms with E-state index in [2.05, 4.69) is 13.2 Å². The van der Waals surface area contributed by atoms with Gasteiger partial charge in [-0.25, -0.2) is 0 Å². The van der Waals surface area contributed by atoms with Crippen molar-refractivity contribution in [2.75, 3.05) is 19.8 Å². The molecule has 1 aliphatic heterocycles. The summed E-state index contributed by atoms with van der Waals surface area (Å²) in [5.41, 5.74) is 1.16. The average Bonchev–Trinajstić information content (AvgIpc) is 2.37. The molecule has 1 unspecified atom stereocenters. The van der Waals surface area contributed by atoms with E-state index in [9.17, 15) is 0 Å². The molecule has 0 aromatic rings. The Morgan fingerprint density at radius 3 is 3.09 bits per heavy atom. The molecule has 1 rings (SSSR count). The normalized spacial score (nSPS) is 24.0. The summed E-state index contributed by atoms with van der Waals surface area (Å²) in [4.78, 5) is 0. The summed E-state index contributed by atoms with van der Waals surface area (Å²) in [5.74, 6) is 0. The summed E-state index contributed by atoms with van der Waals surface area (Å²) >= 11 is 0. The first-order chi connectivity index (χ1) is 5.33. The minimum absolute atomic E-state index is 0.224. The predicted molar refractivity (Wildman–Crippen MR) is 44.5 cm³/mol. The van der Waals surface area contributed by atoms with E-state index < -0.39 is 0 Å². The van der Waals surface area contributed by atoms with Crippen LogP contribution in [0, 0.1) is 0 Å². The molecule has 1 saturated heterocycles. The molecule has 0 N–H and O–H groups in total. The molecule has 62 valence electrons. The van der Waals surface area contributed by atoms with Crippen LogP contribution in [-0.2, 0) is 9.47 Å². The molecule has 0 aliphatic carbocycles. The topological polar surface area (TPSA) is 18.5 Å². The number of hydrogen-bond acceptors (Lipinski definition) is 2. The molecule has 0 saturated carbocycles. The van der Waals surface area contributed by atoms with Crippen molar-refractivity contribution in [3.63, 3.8) is 0 Å². The molecule has 0 aromatic carbocycles. The van der Waals surface area contributed by atoms with Crippen molar-refractivity contribution in [2.45, 2.75) is 12.5 Å². The van der Waals surface area contributed by atoms with Crippen LogP contribution in [0.3, 0.4) is 0 Å². The molecule has 0 radical (unpaired) electrons. The summed E-state index contributed by atoms with van der Waals surface area (Å²) in [6.07, 6.45) is 2.91. The standard InChI is InChI=1S/C9H14O2/c1-3-4-10-7-9-5-8(2)6-11-9/h3,9H,1-2,4-7H2. The van der Waals surface area contributed by atoms with E-state index in [4.69, 9.17) is 9.47 Å². The highest BCUT2D eigenvalue weighted by atomic mass is 16.5. The van der Waals surface area contributed by atoms with Crippen LogP contribution in [0.4, 0.5) is 0 Å². The second kappa shape index (κ2) is 4.31. The summed E-state index contributed by atoms with van der Waals surface area (Å²) in [7, 11) is 0. The molecule has 0 aromatic heterocycles. The smallest absolute Gasteiger partial charge is 0.0850 e. The summed E-state index contributed by atoms with van der Waals surface area (Å²) in [6.45, 7) is 9.35. The fraction of sp³-hybridized carbons (Fsp3) is 0.556. The first-order valence-corrected chi connectivity index (χ1v) is 3.80. The largest absolute Gasteiger partial charge is 0.375 e. The maximum absolute atomic E-state index is 5.35. The molecular formula is C9H14O2. The molecule has 2 heteroatoms. The second-order valence-electron chi connectivity index (χ2n) is 2.71. The van der Waals surface area contributed by atoms with Crippen LogP contribution in [0.2, 0.25) is 0 Å². The van der Waals surface area contributed by atoms with Gasteiger partial charge in [-0.15, -0.1) is 6.58 Å². The van der Waals surface area contributed by atoms with Gasteiger partial charge < -0.3 is 9.47 Å². The van der Waals surface area contributed by atoms with E-state index in [0.717, 1.165) is 12.0 Å². The van der Waals surface area contributed by atoms with Gasteiger partial charge in [-0.05, 0) is 12.0 Å². The highest BCUT2D eigenvalue weighted by Gasteiger charge is 2.17. The van der Waals surface area contributed by atoms with Crippen LogP contribution in [0.15, 0.2) is 24.8 Å². The van der Waals surface area contributed by atoms with E-state index in [-0.39, 0.29) is 6.10 Å². The van der Waals surface area contributed by atoms with Gasteiger partial charge in [-0.1, -0.05) is 12.7 Å². The van der Waals surface area contributed by atoms with Gasteiger partial charge in [0.25, 0.3) is 0 Å². The van der Waals surface area contributed by atoms with Gasteiger partial charge in [0.2, 0.25) is 0 Å². The second-order valence-corrected chi connectivity index (χ2v) is 2.71. The summed E-state index contributed by atoms with van der Waals surface area (Å²) in [6, 6.07) is 0. The fourth-order valence-electron chi connectivity index (χ4n) is 1.07. The molecule has 1 heterocycles. The zero-order valence-electron chi connectivity index (χ0n) is 6.71. The van der Waals surface area contributed by atoms with Gasteiger partial charge in [0.15, 0.2) is 0 Å². The van der Waals surface area contributed by atoms with Crippen LogP contribution in [-0.4, -0.2) is 25.9 Å². The Morgan fingerprint density at radius 2 is 2.55 bits per heavy atom. The van der Waals surface area contributed by atoms with Crippen molar-refractivity contribution in [3.8, 4) is 0 Å². The SMILES string of the molecule is C=CCOCC1CC(=C)CO1. The van der Waals surface area contributed by atoms with Gasteiger partial charge in [0, 0.05) is 0 Å². The Hall–Kier alpha value is -0.600. The molecule has 0 bridgehead atoms. The first kappa shape index (κ1) is 8.50. The lowest BCUT2D eigenvalue weighted by molar-refractivity contribution is 0.0273. The van der Waals surface area contributed by atoms with E-state index in [1.54, 1.807) is 6.08 Å². The molecule has 2 nitrogen and oxygen atoms in total. The van der Waals surface area contributed by atoms with E-state index in [1.807, 2.05) is 0 Å². The minimum atomic E-state index is 0.224. The van der Waals surface area contributed by atoms with Crippen molar-refractivity contribution in [2.24, 2.45) is 0 Å². The number of hydrogen-bond donors (Lipinski definition) is 0. The summed E-state index contributed by atoms with van der Waals surface area (Å²) in [5, 5.41) is 0. The van der Waals surface area contributed by atoms with E-state index in [0.29, 0.717) is 19.8 Å². The zero-order chi connectivity index (χ0) is 8.10. The summed E-state index contributed by atoms with van der Waals surface area (Å²) < 4.78 is 10.6. The quantitative estimate of drug-likeness (QED) is 0.451. The Balaban J connectivity index is 2.08. The lowest BCUT2D eigenvalue weighted by Gasteiger charge is -2.07. The molecule has 1 aliphatic rings. The van der Waals surface area contributed by atoms with Gasteiger partial charge in [-0.2, -0.15) is 0 Å². The molecule has 0 amide bonds. The Bertz CT molecular complexity index is 152. The van der Waals surface area contributed by atoms with Crippen LogP contribution in [0.5, 0.6) is 0 Å². The Morgan fingerprint density at radius 1 is 1.73 bits per heavy atom. The number of rotatable bonds is 4. The average molecular weight is 154 g/mol. The number of ether oxygens (including phenoxy) is 2. The van der Waals surface area contributed by atoms with Gasteiger partial charge in [0.1, 0.15) is 0 Å². The van der Waals surface area contributed by atoms with Crippen LogP contribution in [0.1, 0.15) is 6.42 Å². The van der Waals surface area contributed by atoms with Crippen molar-refractivity contribution >= 4 is 0 Å². The lowest BCUT2D eigenvalue weighted by atomic mass is 10.2. The third kappa shape index (κ3) is 2.87. The third-order valence-electron chi connectivity index (χ3n) is 1.58. The van der Waals surface area contributed by atoms with E-state index in [1.165, 1.54) is 0 Å². The van der Waals surface area contributed by atoms with Crippen LogP contribution >= 0.6 is 0 Å². The maximum Gasteiger partial charge on any atom is 0.0850 e. The third-order valence-corrected chi connectivity index (χ3v) is 1.58. The zero-order valence-corrected chi connectivity index (χ0v) is 6.71. The molecule has 0 spiro atoms. The van der Waals surface area contributed by atoms with Crippen molar-refractivity contribution in [1.29, 1.82) is 0 Å². The molecule has 1 fully saturated rings. The molecule has 11 heavy (non-hydrogen) atoms. The maximum atomic E-state index is 5.35. The Labute approximate surface area is 67.5 Å². The Kier molecular flexibility index (Phi) is 3.33. The van der Waals surface area contributed by atoms with Crippen molar-refractivity contribution in [3.05, 3.63) is 24.8 Å².